The highest BCUT2D eigenvalue weighted by molar-refractivity contribution is 5.79. The van der Waals surface area contributed by atoms with Gasteiger partial charge in [-0.2, -0.15) is 0 Å². The summed E-state index contributed by atoms with van der Waals surface area (Å²) in [6.07, 6.45) is 2.43. The Morgan fingerprint density at radius 3 is 2.71 bits per heavy atom. The number of hydrogen-bond acceptors (Lipinski definition) is 4. The Morgan fingerprint density at radius 2 is 2.12 bits per heavy atom. The van der Waals surface area contributed by atoms with Crippen molar-refractivity contribution in [3.05, 3.63) is 39.9 Å². The smallest absolute Gasteiger partial charge is 0.269 e. The first-order valence-electron chi connectivity index (χ1n) is 8.41. The zero-order chi connectivity index (χ0) is 17.4. The largest absolute Gasteiger partial charge is 0.376 e. The van der Waals surface area contributed by atoms with E-state index in [1.807, 2.05) is 0 Å². The molecule has 7 nitrogen and oxygen atoms in total. The molecule has 1 fully saturated rings. The highest BCUT2D eigenvalue weighted by atomic mass is 16.6. The van der Waals surface area contributed by atoms with E-state index >= 15 is 0 Å². The monoisotopic (exact) mass is 334 g/mol. The second-order valence-electron chi connectivity index (χ2n) is 6.38. The lowest BCUT2D eigenvalue weighted by Gasteiger charge is -2.16. The average molecular weight is 334 g/mol. The minimum Gasteiger partial charge on any atom is -0.376 e. The first-order chi connectivity index (χ1) is 11.5. The summed E-state index contributed by atoms with van der Waals surface area (Å²) in [5.74, 6) is 1.26. The van der Waals surface area contributed by atoms with Crippen molar-refractivity contribution in [3.8, 4) is 0 Å². The van der Waals surface area contributed by atoms with Crippen LogP contribution in [0.15, 0.2) is 29.3 Å². The van der Waals surface area contributed by atoms with E-state index in [0.717, 1.165) is 44.1 Å². The van der Waals surface area contributed by atoms with Gasteiger partial charge < -0.3 is 15.4 Å². The lowest BCUT2D eigenvalue weighted by Crippen LogP contribution is -2.42. The Labute approximate surface area is 142 Å². The van der Waals surface area contributed by atoms with E-state index in [0.29, 0.717) is 12.5 Å². The predicted molar refractivity (Wildman–Crippen MR) is 94.1 cm³/mol. The number of aliphatic imine (C=N–C) groups is 1. The number of nitrogens with one attached hydrogen (secondary N) is 2. The topological polar surface area (TPSA) is 88.8 Å². The van der Waals surface area contributed by atoms with Crippen LogP contribution in [0.25, 0.3) is 0 Å². The Balaban J connectivity index is 1.92. The molecule has 0 spiro atoms. The van der Waals surface area contributed by atoms with Crippen molar-refractivity contribution in [2.75, 3.05) is 19.7 Å². The van der Waals surface area contributed by atoms with Gasteiger partial charge in [0.15, 0.2) is 5.96 Å². The molecule has 1 aromatic carbocycles. The van der Waals surface area contributed by atoms with Crippen molar-refractivity contribution >= 4 is 11.6 Å². The maximum Gasteiger partial charge on any atom is 0.269 e. The number of benzene rings is 1. The lowest BCUT2D eigenvalue weighted by atomic mass is 10.2. The number of nitro benzene ring substituents is 1. The highest BCUT2D eigenvalue weighted by Gasteiger charge is 2.15. The third kappa shape index (κ3) is 6.16. The van der Waals surface area contributed by atoms with Gasteiger partial charge in [-0.25, -0.2) is 4.99 Å². The van der Waals surface area contributed by atoms with Crippen molar-refractivity contribution in [1.82, 2.24) is 10.6 Å². The molecular formula is C17H26N4O3. The summed E-state index contributed by atoms with van der Waals surface area (Å²) in [4.78, 5) is 14.9. The molecule has 0 saturated carbocycles. The fourth-order valence-corrected chi connectivity index (χ4v) is 2.38. The van der Waals surface area contributed by atoms with Gasteiger partial charge in [0.25, 0.3) is 5.69 Å². The van der Waals surface area contributed by atoms with E-state index in [2.05, 4.69) is 29.5 Å². The van der Waals surface area contributed by atoms with Gasteiger partial charge in [0.1, 0.15) is 0 Å². The quantitative estimate of drug-likeness (QED) is 0.346. The number of guanidine groups is 1. The summed E-state index contributed by atoms with van der Waals surface area (Å²) in [5.41, 5.74) is 1.03. The van der Waals surface area contributed by atoms with Gasteiger partial charge in [-0.05, 0) is 24.3 Å². The fourth-order valence-electron chi connectivity index (χ4n) is 2.38. The summed E-state index contributed by atoms with van der Waals surface area (Å²) in [6.45, 7) is 7.15. The third-order valence-corrected chi connectivity index (χ3v) is 3.77. The molecule has 0 aliphatic carbocycles. The zero-order valence-corrected chi connectivity index (χ0v) is 14.3. The predicted octanol–water partition coefficient (Wildman–Crippen LogP) is 2.47. The van der Waals surface area contributed by atoms with Crippen LogP contribution in [0.4, 0.5) is 5.69 Å². The maximum atomic E-state index is 10.7. The Kier molecular flexibility index (Phi) is 6.99. The van der Waals surface area contributed by atoms with Gasteiger partial charge in [-0.1, -0.05) is 26.0 Å². The van der Waals surface area contributed by atoms with E-state index in [1.54, 1.807) is 12.1 Å². The molecule has 0 aromatic heterocycles. The van der Waals surface area contributed by atoms with Crippen LogP contribution in [-0.2, 0) is 11.3 Å². The van der Waals surface area contributed by atoms with Crippen LogP contribution < -0.4 is 10.6 Å². The maximum absolute atomic E-state index is 10.7. The molecule has 0 amide bonds. The number of hydrogen-bond donors (Lipinski definition) is 2. The van der Waals surface area contributed by atoms with E-state index in [4.69, 9.17) is 4.74 Å². The van der Waals surface area contributed by atoms with Crippen LogP contribution in [0.2, 0.25) is 0 Å². The number of ether oxygens (including phenoxy) is 1. The van der Waals surface area contributed by atoms with Gasteiger partial charge in [-0.15, -0.1) is 0 Å². The van der Waals surface area contributed by atoms with Crippen LogP contribution in [-0.4, -0.2) is 36.7 Å². The van der Waals surface area contributed by atoms with Crippen LogP contribution in [0.5, 0.6) is 0 Å². The Bertz CT molecular complexity index is 551. The molecule has 1 aromatic rings. The molecule has 1 atom stereocenters. The van der Waals surface area contributed by atoms with Crippen molar-refractivity contribution < 1.29 is 9.66 Å². The van der Waals surface area contributed by atoms with Crippen molar-refractivity contribution in [2.45, 2.75) is 39.3 Å². The summed E-state index contributed by atoms with van der Waals surface area (Å²) in [7, 11) is 0. The van der Waals surface area contributed by atoms with E-state index in [-0.39, 0.29) is 11.8 Å². The standard InChI is InChI=1S/C17H26N4O3/c1-13(2)10-18-17(20-12-16-4-3-9-24-16)19-11-14-5-7-15(8-6-14)21(22)23/h5-8,13,16H,3-4,9-12H2,1-2H3,(H2,18,19,20). The molecule has 2 N–H and O–H groups in total. The molecule has 1 unspecified atom stereocenters. The van der Waals surface area contributed by atoms with Gasteiger partial charge in [0.05, 0.1) is 17.6 Å². The van der Waals surface area contributed by atoms with Crippen molar-refractivity contribution in [3.63, 3.8) is 0 Å². The van der Waals surface area contributed by atoms with Crippen LogP contribution in [0.1, 0.15) is 32.3 Å². The highest BCUT2D eigenvalue weighted by Crippen LogP contribution is 2.13. The SMILES string of the molecule is CC(C)CNC(=NCc1ccc([N+](=O)[O-])cc1)NCC1CCCO1. The summed E-state index contributed by atoms with van der Waals surface area (Å²) >= 11 is 0. The van der Waals surface area contributed by atoms with Gasteiger partial charge >= 0.3 is 0 Å². The molecule has 0 radical (unpaired) electrons. The van der Waals surface area contributed by atoms with E-state index < -0.39 is 4.92 Å². The number of non-ortho nitro benzene ring substituents is 1. The van der Waals surface area contributed by atoms with E-state index in [1.165, 1.54) is 12.1 Å². The molecule has 24 heavy (non-hydrogen) atoms. The fraction of sp³-hybridized carbons (Fsp3) is 0.588. The molecule has 1 aliphatic heterocycles. The Morgan fingerprint density at radius 1 is 1.38 bits per heavy atom. The molecular weight excluding hydrogens is 308 g/mol. The third-order valence-electron chi connectivity index (χ3n) is 3.77. The van der Waals surface area contributed by atoms with Gasteiger partial charge in [-0.3, -0.25) is 10.1 Å². The van der Waals surface area contributed by atoms with Crippen LogP contribution >= 0.6 is 0 Å². The first-order valence-corrected chi connectivity index (χ1v) is 8.41. The first kappa shape index (κ1) is 18.2. The average Bonchev–Trinajstić information content (AvgIpc) is 3.07. The zero-order valence-electron chi connectivity index (χ0n) is 14.3. The molecule has 1 saturated heterocycles. The van der Waals surface area contributed by atoms with Crippen molar-refractivity contribution in [2.24, 2.45) is 10.9 Å². The minimum absolute atomic E-state index is 0.0948. The molecule has 132 valence electrons. The second kappa shape index (κ2) is 9.22. The van der Waals surface area contributed by atoms with Gasteiger partial charge in [0, 0.05) is 31.8 Å². The summed E-state index contributed by atoms with van der Waals surface area (Å²) < 4.78 is 5.62. The number of nitrogens with zero attached hydrogens (tertiary/aromatic N) is 2. The molecule has 2 rings (SSSR count). The van der Waals surface area contributed by atoms with Crippen LogP contribution in [0, 0.1) is 16.0 Å². The molecule has 7 heteroatoms. The number of nitro groups is 1. The number of rotatable bonds is 7. The van der Waals surface area contributed by atoms with Gasteiger partial charge in [0.2, 0.25) is 0 Å². The Hall–Kier alpha value is -2.15. The van der Waals surface area contributed by atoms with Crippen LogP contribution in [0.3, 0.4) is 0 Å². The van der Waals surface area contributed by atoms with Crippen molar-refractivity contribution in [1.29, 1.82) is 0 Å². The summed E-state index contributed by atoms with van der Waals surface area (Å²) in [6, 6.07) is 6.49. The summed E-state index contributed by atoms with van der Waals surface area (Å²) in [5, 5.41) is 17.3. The second-order valence-corrected chi connectivity index (χ2v) is 6.38. The van der Waals surface area contributed by atoms with E-state index in [9.17, 15) is 10.1 Å². The molecule has 1 heterocycles. The lowest BCUT2D eigenvalue weighted by molar-refractivity contribution is -0.384. The molecule has 1 aliphatic rings. The normalized spacial score (nSPS) is 18.0. The molecule has 0 bridgehead atoms. The minimum atomic E-state index is -0.397.